The van der Waals surface area contributed by atoms with Gasteiger partial charge in [0.25, 0.3) is 0 Å². The van der Waals surface area contributed by atoms with Crippen LogP contribution in [0, 0.1) is 17.0 Å². The van der Waals surface area contributed by atoms with Gasteiger partial charge in [-0.15, -0.1) is 0 Å². The molecule has 0 heterocycles. The van der Waals surface area contributed by atoms with Gasteiger partial charge in [0.15, 0.2) is 0 Å². The summed E-state index contributed by atoms with van der Waals surface area (Å²) in [6, 6.07) is 13.4. The molecule has 1 fully saturated rings. The van der Waals surface area contributed by atoms with Crippen molar-refractivity contribution < 1.29 is 42.8 Å². The number of carbonyl (C=O) groups is 1. The Morgan fingerprint density at radius 2 is 1.65 bits per heavy atom. The number of benzene rings is 2. The van der Waals surface area contributed by atoms with E-state index in [2.05, 4.69) is 0 Å². The second-order valence-corrected chi connectivity index (χ2v) is 10.3. The number of amides is 1. The fraction of sp³-hybridized carbons (Fsp3) is 0.381. The molecule has 0 unspecified atom stereocenters. The Morgan fingerprint density at radius 3 is 2.23 bits per heavy atom. The van der Waals surface area contributed by atoms with E-state index < -0.39 is 15.9 Å². The van der Waals surface area contributed by atoms with E-state index in [1.165, 1.54) is 15.9 Å². The van der Waals surface area contributed by atoms with E-state index in [1.54, 1.807) is 42.5 Å². The number of carbonyl (C=O) groups excluding carboxylic acids is 1. The van der Waals surface area contributed by atoms with Crippen molar-refractivity contribution in [3.05, 3.63) is 69.3 Å². The summed E-state index contributed by atoms with van der Waals surface area (Å²) in [6.07, 6.45) is 2.49. The van der Waals surface area contributed by atoms with Crippen molar-refractivity contribution in [2.24, 2.45) is 11.8 Å². The minimum Gasteiger partial charge on any atom is -0.759 e. The summed E-state index contributed by atoms with van der Waals surface area (Å²) >= 11 is 12.1. The average Bonchev–Trinajstić information content (AvgIpc) is 2.75. The molecule has 0 bridgehead atoms. The Bertz CT molecular complexity index is 981. The van der Waals surface area contributed by atoms with Crippen molar-refractivity contribution in [1.82, 2.24) is 9.79 Å². The summed E-state index contributed by atoms with van der Waals surface area (Å²) < 4.78 is 28.3. The molecule has 1 aliphatic carbocycles. The van der Waals surface area contributed by atoms with Gasteiger partial charge in [0.05, 0.1) is 5.02 Å². The van der Waals surface area contributed by atoms with Crippen LogP contribution >= 0.6 is 23.2 Å². The Balaban J connectivity index is 0.00000341. The fourth-order valence-electron chi connectivity index (χ4n) is 3.81. The second kappa shape index (κ2) is 12.0. The Kier molecular flexibility index (Phi) is 10.3. The normalized spacial score (nSPS) is 19.0. The summed E-state index contributed by atoms with van der Waals surface area (Å²) in [5.74, 6) is -0.705. The molecule has 0 aliphatic heterocycles. The third-order valence-corrected chi connectivity index (χ3v) is 8.07. The van der Waals surface area contributed by atoms with Crippen LogP contribution in [0.2, 0.25) is 10.0 Å². The molecule has 1 amide bonds. The molecule has 1 N–H and O–H groups in total. The van der Waals surface area contributed by atoms with E-state index in [0.29, 0.717) is 37.3 Å². The van der Waals surface area contributed by atoms with Gasteiger partial charge in [-0.3, -0.25) is 4.79 Å². The maximum atomic E-state index is 13.4. The summed E-state index contributed by atoms with van der Waals surface area (Å²) in [5.41, 5.74) is 2.27. The quantitative estimate of drug-likeness (QED) is 0.469. The molecule has 0 spiro atoms. The second-order valence-electron chi connectivity index (χ2n) is 7.54. The first-order valence-corrected chi connectivity index (χ1v) is 11.9. The molecule has 1 aliphatic rings. The van der Waals surface area contributed by atoms with Crippen molar-refractivity contribution in [2.75, 3.05) is 6.54 Å². The maximum absolute atomic E-state index is 13.4. The molecule has 10 heteroatoms. The van der Waals surface area contributed by atoms with E-state index in [4.69, 9.17) is 23.2 Å². The maximum Gasteiger partial charge on any atom is 1.00 e. The first kappa shape index (κ1) is 26.6. The molecule has 162 valence electrons. The minimum absolute atomic E-state index is 0. The van der Waals surface area contributed by atoms with E-state index in [0.717, 1.165) is 5.56 Å². The van der Waals surface area contributed by atoms with Crippen LogP contribution in [0.4, 0.5) is 0 Å². The molecule has 2 aromatic carbocycles. The number of hydrogen-bond acceptors (Lipinski definition) is 4. The molecule has 31 heavy (non-hydrogen) atoms. The number of hydroxylamine groups is 1. The molecule has 0 radical (unpaired) electrons. The van der Waals surface area contributed by atoms with Crippen molar-refractivity contribution in [3.63, 3.8) is 0 Å². The van der Waals surface area contributed by atoms with E-state index >= 15 is 0 Å². The van der Waals surface area contributed by atoms with Crippen LogP contribution in [0.3, 0.4) is 0 Å². The van der Waals surface area contributed by atoms with Gasteiger partial charge >= 0.3 is 29.6 Å². The van der Waals surface area contributed by atoms with Crippen LogP contribution in [0.15, 0.2) is 53.4 Å². The molecular weight excluding hydrogens is 470 g/mol. The number of nitrogens with zero attached hydrogens (tertiary/aromatic N) is 1. The van der Waals surface area contributed by atoms with Gasteiger partial charge in [-0.2, -0.15) is 4.31 Å². The van der Waals surface area contributed by atoms with Crippen LogP contribution in [0.25, 0.3) is 0 Å². The monoisotopic (exact) mass is 492 g/mol. The predicted octanol–water partition coefficient (Wildman–Crippen LogP) is 1.61. The third-order valence-electron chi connectivity index (χ3n) is 5.51. The Labute approximate surface area is 215 Å². The van der Waals surface area contributed by atoms with Crippen LogP contribution < -0.4 is 35.0 Å². The van der Waals surface area contributed by atoms with Crippen LogP contribution in [0.5, 0.6) is 0 Å². The Morgan fingerprint density at radius 1 is 1.03 bits per heavy atom. The van der Waals surface area contributed by atoms with Gasteiger partial charge in [-0.05, 0) is 61.4 Å². The predicted molar refractivity (Wildman–Crippen MR) is 117 cm³/mol. The largest absolute Gasteiger partial charge is 1.00 e. The van der Waals surface area contributed by atoms with Gasteiger partial charge in [-0.1, -0.05) is 47.5 Å². The summed E-state index contributed by atoms with van der Waals surface area (Å²) in [5, 5.41) is 11.4. The zero-order chi connectivity index (χ0) is 21.7. The topological polar surface area (TPSA) is 89.5 Å². The van der Waals surface area contributed by atoms with E-state index in [1.807, 2.05) is 0 Å². The number of rotatable bonds is 7. The molecule has 2 aromatic rings. The van der Waals surface area contributed by atoms with Crippen molar-refractivity contribution >= 4 is 39.1 Å². The Hall–Kier alpha value is -0.640. The van der Waals surface area contributed by atoms with Crippen LogP contribution in [0.1, 0.15) is 31.2 Å². The zero-order valence-corrected chi connectivity index (χ0v) is 21.6. The molecule has 0 aromatic heterocycles. The zero-order valence-electron chi connectivity index (χ0n) is 17.3. The van der Waals surface area contributed by atoms with Crippen molar-refractivity contribution in [1.29, 1.82) is 0 Å². The summed E-state index contributed by atoms with van der Waals surface area (Å²) in [6.45, 7) is 0.494. The number of hydrogen-bond donors (Lipinski definition) is 1. The van der Waals surface area contributed by atoms with Gasteiger partial charge in [0.1, 0.15) is 4.90 Å². The molecule has 0 atom stereocenters. The van der Waals surface area contributed by atoms with Gasteiger partial charge in [-0.25, -0.2) is 8.42 Å². The van der Waals surface area contributed by atoms with E-state index in [-0.39, 0.29) is 57.9 Å². The van der Waals surface area contributed by atoms with Gasteiger partial charge in [0, 0.05) is 24.0 Å². The molecule has 6 nitrogen and oxygen atoms in total. The fourth-order valence-corrected chi connectivity index (χ4v) is 5.94. The number of sulfonamides is 1. The summed E-state index contributed by atoms with van der Waals surface area (Å²) in [4.78, 5) is 11.7. The van der Waals surface area contributed by atoms with Crippen molar-refractivity contribution in [2.45, 2.75) is 37.1 Å². The molecular formula is C21H23Cl2N2NaO4S. The smallest absolute Gasteiger partial charge is 0.759 e. The van der Waals surface area contributed by atoms with Gasteiger partial charge < -0.3 is 10.7 Å². The minimum atomic E-state index is -3.83. The van der Waals surface area contributed by atoms with E-state index in [9.17, 15) is 18.4 Å². The third kappa shape index (κ3) is 6.92. The standard InChI is InChI=1S/C21H23Cl2N2O4S.Na/c22-18-11-7-16(8-12-18)14-25(30(28,29)20-4-2-1-3-19(20)23)13-15-5-9-17(10-6-15)21(26)24-27;/h1-4,7-8,11-12,15,17H,5-6,9-10,13-14H2,(H-,24,26,27);/q-1;+1. The average molecular weight is 493 g/mol. The first-order valence-electron chi connectivity index (χ1n) is 9.72. The molecule has 1 saturated carbocycles. The van der Waals surface area contributed by atoms with Crippen LogP contribution in [-0.2, 0) is 21.4 Å². The summed E-state index contributed by atoms with van der Waals surface area (Å²) in [7, 11) is -3.83. The van der Waals surface area contributed by atoms with Gasteiger partial charge in [0.2, 0.25) is 15.9 Å². The van der Waals surface area contributed by atoms with Crippen molar-refractivity contribution in [3.8, 4) is 0 Å². The molecule has 0 saturated heterocycles. The number of nitrogens with one attached hydrogen (secondary N) is 1. The number of halogens is 2. The first-order chi connectivity index (χ1) is 14.3. The molecule has 3 rings (SSSR count). The SMILES string of the molecule is O=C(N[O-])C1CCC(CN(Cc2ccc(Cl)cc2)S(=O)(=O)c2ccccc2Cl)CC1.[Na+]. The van der Waals surface area contributed by atoms with Crippen LogP contribution in [-0.4, -0.2) is 25.2 Å².